The molecule has 0 radical (unpaired) electrons. The molecule has 6 N–H and O–H groups in total. The Morgan fingerprint density at radius 2 is 1.33 bits per heavy atom. The number of phenols is 1. The molecule has 5 aromatic rings. The fourth-order valence-electron chi connectivity index (χ4n) is 5.48. The average Bonchev–Trinajstić information content (AvgIpc) is 3.60. The molecule has 0 spiro atoms. The highest BCUT2D eigenvalue weighted by Crippen LogP contribution is 2.56. The number of benzene rings is 4. The Kier molecular flexibility index (Phi) is 12.5. The molecule has 51 heavy (non-hydrogen) atoms. The Balaban J connectivity index is 1.40. The van der Waals surface area contributed by atoms with E-state index in [-0.39, 0.29) is 37.4 Å². The van der Waals surface area contributed by atoms with Gasteiger partial charge in [-0.15, -0.1) is 0 Å². The molecule has 4 aromatic carbocycles. The fourth-order valence-corrected chi connectivity index (χ4v) is 7.50. The summed E-state index contributed by atoms with van der Waals surface area (Å²) in [5.74, 6) is -4.27. The van der Waals surface area contributed by atoms with Crippen LogP contribution in [0.2, 0.25) is 0 Å². The second kappa shape index (κ2) is 17.4. The summed E-state index contributed by atoms with van der Waals surface area (Å²) >= 11 is 0. The Labute approximate surface area is 295 Å². The van der Waals surface area contributed by atoms with Gasteiger partial charge in [0.25, 0.3) is 7.72 Å². The summed E-state index contributed by atoms with van der Waals surface area (Å²) in [7, 11) is -4.22. The van der Waals surface area contributed by atoms with Gasteiger partial charge in [0.05, 0.1) is 5.92 Å². The van der Waals surface area contributed by atoms with Gasteiger partial charge in [-0.3, -0.25) is 10.1 Å². The van der Waals surface area contributed by atoms with Crippen molar-refractivity contribution in [2.75, 3.05) is 6.16 Å². The summed E-state index contributed by atoms with van der Waals surface area (Å²) in [4.78, 5) is 62.8. The third kappa shape index (κ3) is 11.0. The minimum atomic E-state index is -4.22. The van der Waals surface area contributed by atoms with Crippen molar-refractivity contribution < 1.29 is 43.6 Å². The van der Waals surface area contributed by atoms with Crippen LogP contribution in [-0.4, -0.2) is 61.1 Å². The van der Waals surface area contributed by atoms with Crippen molar-refractivity contribution in [3.05, 3.63) is 144 Å². The summed E-state index contributed by atoms with van der Waals surface area (Å²) in [5, 5.41) is 28.9. The molecule has 0 aliphatic carbocycles. The van der Waals surface area contributed by atoms with E-state index in [0.717, 1.165) is 11.1 Å². The number of aromatic nitrogens is 1. The number of nitrogens with one attached hydrogen (secondary N) is 2. The number of carbonyl (C=O) groups excluding carboxylic acids is 2. The minimum Gasteiger partial charge on any atom is -0.508 e. The standard InChI is InChI=1S/C38H38N3O9P/c42-31-18-16-27(17-19-31)20-34(37(44)45)39-36(43)30(22-32-23-33(41-50-32)29-14-8-3-9-15-29)25-51(47,48)35(21-26-10-4-1-5-11-26)40-38(46)49-24-28-12-6-2-7-13-28/h1-19,23,30,34-35,47-48H,20-22,24-25H2,(H3-,39,40,42,43,44,45,46)/p+1/t30-,34-,35+/m0/s1. The molecule has 12 nitrogen and oxygen atoms in total. The molecule has 0 aliphatic heterocycles. The third-order valence-electron chi connectivity index (χ3n) is 8.19. The van der Waals surface area contributed by atoms with Crippen LogP contribution in [0.1, 0.15) is 22.5 Å². The average molecular weight is 713 g/mol. The number of amides is 2. The molecule has 264 valence electrons. The molecular weight excluding hydrogens is 673 g/mol. The van der Waals surface area contributed by atoms with Crippen LogP contribution in [0, 0.1) is 5.92 Å². The first-order valence-electron chi connectivity index (χ1n) is 16.2. The first kappa shape index (κ1) is 36.7. The van der Waals surface area contributed by atoms with E-state index in [1.165, 1.54) is 12.1 Å². The second-order valence-corrected chi connectivity index (χ2v) is 14.7. The Morgan fingerprint density at radius 1 is 0.745 bits per heavy atom. The number of nitrogens with zero attached hydrogens (tertiary/aromatic N) is 1. The third-order valence-corrected chi connectivity index (χ3v) is 10.5. The van der Waals surface area contributed by atoms with Gasteiger partial charge >= 0.3 is 12.1 Å². The molecule has 0 saturated heterocycles. The zero-order valence-electron chi connectivity index (χ0n) is 27.5. The van der Waals surface area contributed by atoms with Crippen LogP contribution in [0.4, 0.5) is 4.79 Å². The molecule has 0 saturated carbocycles. The van der Waals surface area contributed by atoms with Crippen LogP contribution in [0.25, 0.3) is 11.3 Å². The molecule has 0 aliphatic rings. The number of hydrogen-bond acceptors (Lipinski definition) is 9. The summed E-state index contributed by atoms with van der Waals surface area (Å²) in [6.45, 7) is -0.0507. The molecule has 1 aromatic heterocycles. The van der Waals surface area contributed by atoms with E-state index in [4.69, 9.17) is 9.26 Å². The molecule has 0 unspecified atom stereocenters. The number of aromatic hydroxyl groups is 1. The predicted molar refractivity (Wildman–Crippen MR) is 190 cm³/mol. The number of hydrogen-bond donors (Lipinski definition) is 6. The van der Waals surface area contributed by atoms with Crippen LogP contribution in [0.3, 0.4) is 0 Å². The fraction of sp³-hybridized carbons (Fsp3) is 0.211. The van der Waals surface area contributed by atoms with Gasteiger partial charge in [-0.25, -0.2) is 19.4 Å². The monoisotopic (exact) mass is 712 g/mol. The lowest BCUT2D eigenvalue weighted by molar-refractivity contribution is -0.142. The summed E-state index contributed by atoms with van der Waals surface area (Å²) < 4.78 is 10.9. The van der Waals surface area contributed by atoms with Crippen LogP contribution in [-0.2, 0) is 40.2 Å². The molecule has 3 atom stereocenters. The van der Waals surface area contributed by atoms with Crippen molar-refractivity contribution in [1.82, 2.24) is 15.8 Å². The van der Waals surface area contributed by atoms with Crippen molar-refractivity contribution in [2.45, 2.75) is 37.7 Å². The van der Waals surface area contributed by atoms with E-state index in [1.54, 1.807) is 72.8 Å². The number of rotatable bonds is 16. The van der Waals surface area contributed by atoms with E-state index < -0.39 is 49.6 Å². The molecular formula is C38H39N3O9P+. The largest absolute Gasteiger partial charge is 0.508 e. The van der Waals surface area contributed by atoms with Crippen LogP contribution < -0.4 is 10.6 Å². The highest BCUT2D eigenvalue weighted by Gasteiger charge is 2.49. The zero-order chi connectivity index (χ0) is 36.2. The van der Waals surface area contributed by atoms with Crippen LogP contribution >= 0.6 is 7.72 Å². The summed E-state index contributed by atoms with van der Waals surface area (Å²) in [6.07, 6.45) is -1.65. The van der Waals surface area contributed by atoms with Gasteiger partial charge in [-0.1, -0.05) is 108 Å². The smallest absolute Gasteiger partial charge is 0.410 e. The lowest BCUT2D eigenvalue weighted by Gasteiger charge is -2.27. The summed E-state index contributed by atoms with van der Waals surface area (Å²) in [6, 6.07) is 33.3. The number of aliphatic carboxylic acids is 1. The van der Waals surface area contributed by atoms with Gasteiger partial charge in [0.15, 0.2) is 0 Å². The lowest BCUT2D eigenvalue weighted by atomic mass is 10.0. The number of carbonyl (C=O) groups is 3. The maximum Gasteiger partial charge on any atom is 0.410 e. The van der Waals surface area contributed by atoms with Gasteiger partial charge in [0.1, 0.15) is 36.0 Å². The van der Waals surface area contributed by atoms with Gasteiger partial charge in [0.2, 0.25) is 11.7 Å². The quantitative estimate of drug-likeness (QED) is 0.0728. The number of phenolic OH excluding ortho intramolecular Hbond substituents is 1. The minimum absolute atomic E-state index is 0.00506. The number of carboxylic acids is 1. The topological polar surface area (TPSA) is 191 Å². The Hall–Kier alpha value is -5.55. The number of ether oxygens (including phenoxy) is 1. The highest BCUT2D eigenvalue weighted by atomic mass is 31.2. The van der Waals surface area contributed by atoms with Gasteiger partial charge in [-0.2, -0.15) is 0 Å². The number of carboxylic acid groups (broad SMARTS) is 1. The maximum atomic E-state index is 13.9. The molecule has 0 fully saturated rings. The highest BCUT2D eigenvalue weighted by molar-refractivity contribution is 7.65. The van der Waals surface area contributed by atoms with E-state index in [1.807, 2.05) is 36.4 Å². The maximum absolute atomic E-state index is 13.9. The lowest BCUT2D eigenvalue weighted by Crippen LogP contribution is -2.47. The summed E-state index contributed by atoms with van der Waals surface area (Å²) in [5.41, 5.74) is 3.24. The van der Waals surface area contributed by atoms with E-state index in [9.17, 15) is 34.4 Å². The molecule has 1 heterocycles. The van der Waals surface area contributed by atoms with Crippen LogP contribution in [0.5, 0.6) is 5.75 Å². The van der Waals surface area contributed by atoms with Gasteiger partial charge in [0, 0.05) is 30.9 Å². The van der Waals surface area contributed by atoms with Gasteiger partial charge in [-0.05, 0) is 28.8 Å². The molecule has 0 bridgehead atoms. The molecule has 2 amide bonds. The SMILES string of the molecule is O=C(N[C@@H](Cc1ccccc1)[P+](O)(O)C[C@H](Cc1cc(-c2ccccc2)no1)C(=O)N[C@@H](Cc1ccc(O)cc1)C(=O)O)OCc1ccccc1. The van der Waals surface area contributed by atoms with Crippen molar-refractivity contribution >= 4 is 25.7 Å². The van der Waals surface area contributed by atoms with Crippen molar-refractivity contribution in [3.8, 4) is 17.0 Å². The normalized spacial score (nSPS) is 13.1. The zero-order valence-corrected chi connectivity index (χ0v) is 28.4. The van der Waals surface area contributed by atoms with Crippen molar-refractivity contribution in [3.63, 3.8) is 0 Å². The predicted octanol–water partition coefficient (Wildman–Crippen LogP) is 5.35. The van der Waals surface area contributed by atoms with Crippen LogP contribution in [0.15, 0.2) is 126 Å². The Morgan fingerprint density at radius 3 is 1.96 bits per heavy atom. The Bertz CT molecular complexity index is 1870. The van der Waals surface area contributed by atoms with Crippen molar-refractivity contribution in [2.24, 2.45) is 5.92 Å². The van der Waals surface area contributed by atoms with E-state index >= 15 is 0 Å². The first-order chi connectivity index (χ1) is 24.6. The first-order valence-corrected chi connectivity index (χ1v) is 18.2. The molecule has 5 rings (SSSR count). The van der Waals surface area contributed by atoms with Crippen molar-refractivity contribution in [1.29, 1.82) is 0 Å². The second-order valence-electron chi connectivity index (χ2n) is 12.1. The number of alkyl carbamates (subject to hydrolysis) is 1. The van der Waals surface area contributed by atoms with E-state index in [0.29, 0.717) is 16.8 Å². The van der Waals surface area contributed by atoms with Gasteiger partial charge < -0.3 is 24.8 Å². The molecule has 13 heteroatoms. The van der Waals surface area contributed by atoms with E-state index in [2.05, 4.69) is 15.8 Å².